The first-order valence-corrected chi connectivity index (χ1v) is 4.88. The molecule has 0 aliphatic heterocycles. The van der Waals surface area contributed by atoms with Gasteiger partial charge in [0.05, 0.1) is 0 Å². The molecule has 0 spiro atoms. The zero-order chi connectivity index (χ0) is 6.15. The fourth-order valence-electron chi connectivity index (χ4n) is 0.594. The summed E-state index contributed by atoms with van der Waals surface area (Å²) in [5.41, 5.74) is 3.04. The summed E-state index contributed by atoms with van der Waals surface area (Å²) in [5, 5.41) is 0. The molecule has 0 nitrogen and oxygen atoms in total. The average Bonchev–Trinajstić information content (AvgIpc) is 1.98. The van der Waals surface area contributed by atoms with Crippen molar-refractivity contribution in [3.63, 3.8) is 0 Å². The Kier molecular flexibility index (Phi) is 2.12. The van der Waals surface area contributed by atoms with E-state index in [2.05, 4.69) is 19.6 Å². The molecule has 0 saturated carbocycles. The Bertz CT molecular complexity index is 171. The third-order valence-corrected chi connectivity index (χ3v) is 4.63. The van der Waals surface area contributed by atoms with Crippen LogP contribution >= 0.6 is 8.19 Å². The maximum absolute atomic E-state index is 2.33. The van der Waals surface area contributed by atoms with E-state index in [1.807, 2.05) is 0 Å². The van der Waals surface area contributed by atoms with Gasteiger partial charge in [-0.15, -0.1) is 0 Å². The van der Waals surface area contributed by atoms with Gasteiger partial charge in [-0.2, -0.15) is 0 Å². The first kappa shape index (κ1) is 6.78. The minimum atomic E-state index is 1.00. The Balaban J connectivity index is 3.19. The third kappa shape index (κ3) is 1.14. The molecule has 8 heavy (non-hydrogen) atoms. The molecule has 0 aromatic carbocycles. The molecule has 0 aliphatic rings. The van der Waals surface area contributed by atoms with E-state index in [9.17, 15) is 0 Å². The molecular weight excluding hydrogens is 194 g/mol. The standard InChI is InChI=1S/C6H8P.Zr/c1-5-3-7-4-6(5)2;/h3,7H,1-2H3;. The Morgan fingerprint density at radius 3 is 2.25 bits per heavy atom. The normalized spacial score (nSPS) is 10.6. The van der Waals surface area contributed by atoms with Gasteiger partial charge in [-0.25, -0.2) is 0 Å². The summed E-state index contributed by atoms with van der Waals surface area (Å²) in [7, 11) is 1.00. The molecule has 41 valence electrons. The molecule has 1 heterocycles. The summed E-state index contributed by atoms with van der Waals surface area (Å²) in [4.78, 5) is 0. The van der Waals surface area contributed by atoms with Crippen molar-refractivity contribution in [1.82, 2.24) is 0 Å². The van der Waals surface area contributed by atoms with Gasteiger partial charge >= 0.3 is 66.7 Å². The molecular formula is C6H8PZr. The van der Waals surface area contributed by atoms with Gasteiger partial charge in [0.2, 0.25) is 0 Å². The van der Waals surface area contributed by atoms with E-state index in [1.165, 1.54) is 5.56 Å². The zero-order valence-electron chi connectivity index (χ0n) is 5.08. The molecule has 1 atom stereocenters. The van der Waals surface area contributed by atoms with E-state index in [-0.39, 0.29) is 0 Å². The second kappa shape index (κ2) is 2.50. The van der Waals surface area contributed by atoms with E-state index >= 15 is 0 Å². The minimum absolute atomic E-state index is 1.00. The average molecular weight is 202 g/mol. The summed E-state index contributed by atoms with van der Waals surface area (Å²) >= 11 is 1.60. The molecule has 0 aliphatic carbocycles. The van der Waals surface area contributed by atoms with Crippen molar-refractivity contribution in [3.8, 4) is 0 Å². The summed E-state index contributed by atoms with van der Waals surface area (Å²) in [6, 6.07) is 0. The molecule has 2 heteroatoms. The van der Waals surface area contributed by atoms with E-state index < -0.39 is 0 Å². The first-order chi connectivity index (χ1) is 3.72. The van der Waals surface area contributed by atoms with Crippen LogP contribution in [-0.2, 0) is 24.7 Å². The van der Waals surface area contributed by atoms with Crippen LogP contribution < -0.4 is 3.00 Å². The van der Waals surface area contributed by atoms with Crippen molar-refractivity contribution in [2.24, 2.45) is 0 Å². The van der Waals surface area contributed by atoms with Crippen LogP contribution in [0.25, 0.3) is 0 Å². The van der Waals surface area contributed by atoms with E-state index in [1.54, 1.807) is 33.3 Å². The van der Waals surface area contributed by atoms with E-state index in [0.29, 0.717) is 0 Å². The van der Waals surface area contributed by atoms with Crippen LogP contribution in [0.3, 0.4) is 0 Å². The molecule has 0 bridgehead atoms. The van der Waals surface area contributed by atoms with Crippen LogP contribution in [-0.4, -0.2) is 0 Å². The Labute approximate surface area is 66.6 Å². The molecule has 0 saturated heterocycles. The SMILES string of the molecule is Cc1c[pH][c]([Zr])c1C. The van der Waals surface area contributed by atoms with Crippen LogP contribution in [0, 0.1) is 13.8 Å². The van der Waals surface area contributed by atoms with Gasteiger partial charge in [-0.1, -0.05) is 0 Å². The Hall–Kier alpha value is 0.663. The Morgan fingerprint density at radius 1 is 1.50 bits per heavy atom. The molecule has 0 N–H and O–H groups in total. The van der Waals surface area contributed by atoms with Gasteiger partial charge in [0.1, 0.15) is 0 Å². The van der Waals surface area contributed by atoms with Crippen LogP contribution in [0.2, 0.25) is 0 Å². The van der Waals surface area contributed by atoms with Crippen LogP contribution in [0.4, 0.5) is 0 Å². The van der Waals surface area contributed by atoms with Crippen molar-refractivity contribution < 1.29 is 24.7 Å². The van der Waals surface area contributed by atoms with Gasteiger partial charge in [-0.05, 0) is 0 Å². The zero-order valence-corrected chi connectivity index (χ0v) is 8.54. The fraction of sp³-hybridized carbons (Fsp3) is 0.333. The van der Waals surface area contributed by atoms with Gasteiger partial charge in [0, 0.05) is 0 Å². The predicted octanol–water partition coefficient (Wildman–Crippen LogP) is 1.51. The number of rotatable bonds is 0. The van der Waals surface area contributed by atoms with Gasteiger partial charge in [-0.3, -0.25) is 0 Å². The molecule has 0 fully saturated rings. The van der Waals surface area contributed by atoms with Gasteiger partial charge < -0.3 is 0 Å². The number of hydrogen-bond acceptors (Lipinski definition) is 0. The third-order valence-electron chi connectivity index (χ3n) is 1.40. The first-order valence-electron chi connectivity index (χ1n) is 2.58. The van der Waals surface area contributed by atoms with E-state index in [0.717, 1.165) is 8.19 Å². The summed E-state index contributed by atoms with van der Waals surface area (Å²) in [5.74, 6) is 2.33. The molecule has 1 unspecified atom stereocenters. The van der Waals surface area contributed by atoms with Crippen molar-refractivity contribution in [2.75, 3.05) is 0 Å². The Morgan fingerprint density at radius 2 is 2.12 bits per heavy atom. The van der Waals surface area contributed by atoms with Crippen molar-refractivity contribution in [1.29, 1.82) is 0 Å². The quantitative estimate of drug-likeness (QED) is 0.598. The van der Waals surface area contributed by atoms with Crippen LogP contribution in [0.15, 0.2) is 5.80 Å². The summed E-state index contributed by atoms with van der Waals surface area (Å²) in [6.07, 6.45) is 0. The molecule has 1 rings (SSSR count). The summed E-state index contributed by atoms with van der Waals surface area (Å²) < 4.78 is 1.65. The second-order valence-electron chi connectivity index (χ2n) is 1.97. The van der Waals surface area contributed by atoms with Gasteiger partial charge in [0.15, 0.2) is 0 Å². The number of hydrogen-bond donors (Lipinski definition) is 0. The summed E-state index contributed by atoms with van der Waals surface area (Å²) in [6.45, 7) is 4.41. The monoisotopic (exact) mass is 201 g/mol. The topological polar surface area (TPSA) is 0 Å². The second-order valence-corrected chi connectivity index (χ2v) is 5.51. The van der Waals surface area contributed by atoms with Crippen molar-refractivity contribution in [3.05, 3.63) is 16.9 Å². The molecule has 0 amide bonds. The van der Waals surface area contributed by atoms with Crippen molar-refractivity contribution in [2.45, 2.75) is 13.8 Å². The maximum atomic E-state index is 2.33. The molecule has 1 aromatic heterocycles. The van der Waals surface area contributed by atoms with Gasteiger partial charge in [0.25, 0.3) is 0 Å². The van der Waals surface area contributed by atoms with Crippen LogP contribution in [0.1, 0.15) is 11.1 Å². The number of aryl methyl sites for hydroxylation is 1. The van der Waals surface area contributed by atoms with Crippen molar-refractivity contribution >= 4 is 11.2 Å². The predicted molar refractivity (Wildman–Crippen MR) is 35.1 cm³/mol. The molecule has 0 radical (unpaired) electrons. The fourth-order valence-corrected chi connectivity index (χ4v) is 2.60. The van der Waals surface area contributed by atoms with E-state index in [4.69, 9.17) is 0 Å². The van der Waals surface area contributed by atoms with Crippen LogP contribution in [0.5, 0.6) is 0 Å². The molecule has 1 aromatic rings.